The first-order chi connectivity index (χ1) is 17.2. The van der Waals surface area contributed by atoms with Crippen LogP contribution in [-0.2, 0) is 16.2 Å². The summed E-state index contributed by atoms with van der Waals surface area (Å²) in [5.74, 6) is -0.0737. The average molecular weight is 541 g/mol. The fourth-order valence-electron chi connectivity index (χ4n) is 3.32. The summed E-state index contributed by atoms with van der Waals surface area (Å²) in [6, 6.07) is 3.67. The lowest BCUT2D eigenvalue weighted by Crippen LogP contribution is -2.42. The Morgan fingerprint density at radius 3 is 2.24 bits per heavy atom. The Morgan fingerprint density at radius 1 is 1.03 bits per heavy atom. The highest BCUT2D eigenvalue weighted by Crippen LogP contribution is 2.37. The second-order valence-electron chi connectivity index (χ2n) is 7.58. The third-order valence-electron chi connectivity index (χ3n) is 5.11. The van der Waals surface area contributed by atoms with Crippen LogP contribution in [0.4, 0.5) is 26.3 Å². The first kappa shape index (κ1) is 26.0. The SMILES string of the molecule is C[C@@H](NS(=O)(=O)c1ccc(-c2c(C#N)c3cc(C(F)(F)F)cnc3n2-c2ncccn2)nc1)C(F)(F)F. The molecule has 37 heavy (non-hydrogen) atoms. The second kappa shape index (κ2) is 9.09. The number of nitrogens with zero attached hydrogens (tertiary/aromatic N) is 6. The topological polar surface area (TPSA) is 126 Å². The average Bonchev–Trinajstić information content (AvgIpc) is 3.17. The Morgan fingerprint density at radius 2 is 1.70 bits per heavy atom. The lowest BCUT2D eigenvalue weighted by Gasteiger charge is -2.17. The molecule has 0 unspecified atom stereocenters. The fourth-order valence-corrected chi connectivity index (χ4v) is 4.50. The van der Waals surface area contributed by atoms with Crippen LogP contribution in [0.25, 0.3) is 28.4 Å². The van der Waals surface area contributed by atoms with Gasteiger partial charge in [0.2, 0.25) is 16.0 Å². The molecular weight excluding hydrogens is 528 g/mol. The van der Waals surface area contributed by atoms with E-state index in [2.05, 4.69) is 19.9 Å². The van der Waals surface area contributed by atoms with Crippen molar-refractivity contribution in [3.63, 3.8) is 0 Å². The van der Waals surface area contributed by atoms with Crippen molar-refractivity contribution in [1.82, 2.24) is 29.2 Å². The van der Waals surface area contributed by atoms with Gasteiger partial charge in [0.25, 0.3) is 0 Å². The highest BCUT2D eigenvalue weighted by atomic mass is 32.2. The predicted molar refractivity (Wildman–Crippen MR) is 115 cm³/mol. The predicted octanol–water partition coefficient (Wildman–Crippen LogP) is 4.00. The van der Waals surface area contributed by atoms with Gasteiger partial charge in [0, 0.05) is 30.2 Å². The summed E-state index contributed by atoms with van der Waals surface area (Å²) in [4.78, 5) is 15.3. The molecule has 0 saturated heterocycles. The minimum Gasteiger partial charge on any atom is -0.259 e. The number of sulfonamides is 1. The van der Waals surface area contributed by atoms with Gasteiger partial charge in [-0.25, -0.2) is 23.4 Å². The van der Waals surface area contributed by atoms with Crippen LogP contribution >= 0.6 is 0 Å². The number of pyridine rings is 2. The standard InChI is InChI=1S/C21H13F6N7O2S/c1-11(20(22,23)24)33-37(35,36)13-3-4-16(31-10-13)17-15(8-28)14-7-12(21(25,26)27)9-32-18(14)34(17)19-29-5-2-6-30-19/h2-7,9-11,33H,1H3/t11-/m1/s1. The van der Waals surface area contributed by atoms with Crippen molar-refractivity contribution < 1.29 is 34.8 Å². The van der Waals surface area contributed by atoms with Crippen LogP contribution in [0.5, 0.6) is 0 Å². The minimum atomic E-state index is -4.83. The van der Waals surface area contributed by atoms with E-state index in [4.69, 9.17) is 0 Å². The molecule has 0 saturated carbocycles. The zero-order chi connectivity index (χ0) is 27.2. The fraction of sp³-hybridized carbons (Fsp3) is 0.190. The summed E-state index contributed by atoms with van der Waals surface area (Å²) >= 11 is 0. The quantitative estimate of drug-likeness (QED) is 0.379. The van der Waals surface area contributed by atoms with E-state index in [9.17, 15) is 40.0 Å². The maximum atomic E-state index is 13.3. The summed E-state index contributed by atoms with van der Waals surface area (Å²) in [5.41, 5.74) is -1.71. The summed E-state index contributed by atoms with van der Waals surface area (Å²) in [7, 11) is -4.63. The first-order valence-electron chi connectivity index (χ1n) is 10.1. The zero-order valence-electron chi connectivity index (χ0n) is 18.4. The van der Waals surface area contributed by atoms with Crippen molar-refractivity contribution in [3.05, 3.63) is 60.2 Å². The first-order valence-corrected chi connectivity index (χ1v) is 11.6. The van der Waals surface area contributed by atoms with Gasteiger partial charge in [-0.3, -0.25) is 9.55 Å². The molecule has 192 valence electrons. The minimum absolute atomic E-state index is 0.0737. The molecule has 0 aromatic carbocycles. The molecule has 0 aliphatic heterocycles. The van der Waals surface area contributed by atoms with E-state index in [0.29, 0.717) is 13.1 Å². The maximum absolute atomic E-state index is 13.3. The van der Waals surface area contributed by atoms with Crippen molar-refractivity contribution in [2.24, 2.45) is 0 Å². The second-order valence-corrected chi connectivity index (χ2v) is 9.29. The molecule has 1 N–H and O–H groups in total. The third kappa shape index (κ3) is 4.95. The molecular formula is C21H13F6N7O2S. The maximum Gasteiger partial charge on any atom is 0.417 e. The van der Waals surface area contributed by atoms with Gasteiger partial charge in [-0.2, -0.15) is 36.3 Å². The molecule has 0 fully saturated rings. The van der Waals surface area contributed by atoms with Crippen LogP contribution in [0, 0.1) is 11.3 Å². The number of hydrogen-bond acceptors (Lipinski definition) is 7. The zero-order valence-corrected chi connectivity index (χ0v) is 19.2. The van der Waals surface area contributed by atoms with Crippen molar-refractivity contribution in [2.45, 2.75) is 30.2 Å². The molecule has 0 radical (unpaired) electrons. The van der Waals surface area contributed by atoms with Crippen molar-refractivity contribution in [1.29, 1.82) is 5.26 Å². The van der Waals surface area contributed by atoms with E-state index in [-0.39, 0.29) is 33.9 Å². The van der Waals surface area contributed by atoms with E-state index >= 15 is 0 Å². The van der Waals surface area contributed by atoms with Crippen molar-refractivity contribution >= 4 is 21.1 Å². The summed E-state index contributed by atoms with van der Waals surface area (Å²) < 4.78 is 106. The Hall–Kier alpha value is -4.10. The summed E-state index contributed by atoms with van der Waals surface area (Å²) in [6.45, 7) is 0.624. The Kier molecular flexibility index (Phi) is 6.38. The van der Waals surface area contributed by atoms with Gasteiger partial charge in [-0.1, -0.05) is 0 Å². The number of aromatic nitrogens is 5. The Labute approximate surface area is 204 Å². The molecule has 9 nitrogen and oxygen atoms in total. The lowest BCUT2D eigenvalue weighted by atomic mass is 10.1. The van der Waals surface area contributed by atoms with Crippen LogP contribution in [0.15, 0.2) is 53.9 Å². The van der Waals surface area contributed by atoms with Crippen LogP contribution in [-0.4, -0.2) is 45.1 Å². The van der Waals surface area contributed by atoms with Crippen LogP contribution in [0.3, 0.4) is 0 Å². The molecule has 0 amide bonds. The molecule has 0 aliphatic rings. The number of nitrogens with one attached hydrogen (secondary N) is 1. The van der Waals surface area contributed by atoms with Gasteiger partial charge < -0.3 is 0 Å². The monoisotopic (exact) mass is 541 g/mol. The van der Waals surface area contributed by atoms with Gasteiger partial charge in [0.05, 0.1) is 22.5 Å². The molecule has 4 aromatic heterocycles. The Bertz CT molecular complexity index is 1610. The van der Waals surface area contributed by atoms with E-state index < -0.39 is 38.9 Å². The summed E-state index contributed by atoms with van der Waals surface area (Å²) in [5, 5.41) is 9.64. The third-order valence-corrected chi connectivity index (χ3v) is 6.64. The molecule has 1 atom stereocenters. The lowest BCUT2D eigenvalue weighted by molar-refractivity contribution is -0.147. The Balaban J connectivity index is 1.91. The largest absolute Gasteiger partial charge is 0.417 e. The van der Waals surface area contributed by atoms with Crippen LogP contribution in [0.1, 0.15) is 18.1 Å². The number of rotatable bonds is 5. The smallest absolute Gasteiger partial charge is 0.259 e. The van der Waals surface area contributed by atoms with Gasteiger partial charge in [0.15, 0.2) is 0 Å². The molecule has 4 heterocycles. The molecule has 0 bridgehead atoms. The number of nitriles is 1. The van der Waals surface area contributed by atoms with E-state index in [0.717, 1.165) is 24.4 Å². The number of alkyl halides is 6. The molecule has 0 aliphatic carbocycles. The van der Waals surface area contributed by atoms with Gasteiger partial charge in [-0.15, -0.1) is 0 Å². The van der Waals surface area contributed by atoms with E-state index in [1.54, 1.807) is 0 Å². The van der Waals surface area contributed by atoms with Gasteiger partial charge >= 0.3 is 12.4 Å². The number of fused-ring (bicyclic) bond motifs is 1. The molecule has 4 rings (SSSR count). The van der Waals surface area contributed by atoms with Crippen molar-refractivity contribution in [2.75, 3.05) is 0 Å². The normalized spacial score (nSPS) is 13.5. The number of halogens is 6. The van der Waals surface area contributed by atoms with Crippen LogP contribution < -0.4 is 4.72 Å². The highest BCUT2D eigenvalue weighted by Gasteiger charge is 2.39. The van der Waals surface area contributed by atoms with Gasteiger partial charge in [0.1, 0.15) is 22.7 Å². The van der Waals surface area contributed by atoms with Crippen LogP contribution in [0.2, 0.25) is 0 Å². The molecule has 0 spiro atoms. The van der Waals surface area contributed by atoms with E-state index in [1.165, 1.54) is 27.7 Å². The van der Waals surface area contributed by atoms with Crippen molar-refractivity contribution in [3.8, 4) is 23.4 Å². The van der Waals surface area contributed by atoms with E-state index in [1.807, 2.05) is 6.07 Å². The molecule has 16 heteroatoms. The van der Waals surface area contributed by atoms with Gasteiger partial charge in [-0.05, 0) is 31.2 Å². The summed E-state index contributed by atoms with van der Waals surface area (Å²) in [6.07, 6.45) is -5.59. The highest BCUT2D eigenvalue weighted by molar-refractivity contribution is 7.89. The molecule has 4 aromatic rings. The number of hydrogen-bond donors (Lipinski definition) is 1.